The molecule has 0 radical (unpaired) electrons. The first-order valence-corrected chi connectivity index (χ1v) is 16.9. The van der Waals surface area contributed by atoms with Crippen LogP contribution in [0.15, 0.2) is 109 Å². The fourth-order valence-corrected chi connectivity index (χ4v) is 5.65. The van der Waals surface area contributed by atoms with E-state index in [0.29, 0.717) is 11.5 Å². The van der Waals surface area contributed by atoms with Crippen LogP contribution in [0.1, 0.15) is 38.1 Å². The zero-order chi connectivity index (χ0) is 37.6. The highest BCUT2D eigenvalue weighted by molar-refractivity contribution is 7.10. The van der Waals surface area contributed by atoms with Crippen molar-refractivity contribution >= 4 is 46.0 Å². The maximum absolute atomic E-state index is 12.2. The van der Waals surface area contributed by atoms with Gasteiger partial charge in [-0.1, -0.05) is 42.5 Å². The van der Waals surface area contributed by atoms with Crippen LogP contribution < -0.4 is 14.2 Å². The fourth-order valence-electron chi connectivity index (χ4n) is 4.87. The molecule has 5 aromatic rings. The van der Waals surface area contributed by atoms with E-state index >= 15 is 0 Å². The molecule has 3 atom stereocenters. The number of carboxylic acids is 2. The van der Waals surface area contributed by atoms with Gasteiger partial charge in [0, 0.05) is 23.2 Å². The normalized spacial score (nSPS) is 12.4. The minimum Gasteiger partial charge on any atom is -0.497 e. The molecule has 2 N–H and O–H groups in total. The summed E-state index contributed by atoms with van der Waals surface area (Å²) < 4.78 is 25.9. The van der Waals surface area contributed by atoms with Gasteiger partial charge in [0.15, 0.2) is 0 Å². The average molecular weight is 730 g/mol. The molecule has 0 aliphatic heterocycles. The molecule has 0 aliphatic carbocycles. The Morgan fingerprint density at radius 2 is 1.19 bits per heavy atom. The van der Waals surface area contributed by atoms with Gasteiger partial charge in [-0.05, 0) is 85.5 Å². The van der Waals surface area contributed by atoms with E-state index in [1.54, 1.807) is 11.3 Å². The summed E-state index contributed by atoms with van der Waals surface area (Å²) in [5.74, 6) is -3.97. The third-order valence-electron chi connectivity index (χ3n) is 7.60. The van der Waals surface area contributed by atoms with Crippen molar-refractivity contribution in [3.63, 3.8) is 0 Å². The number of aliphatic carboxylic acids is 2. The number of carboxylic acid groups (broad SMARTS) is 2. The topological polar surface area (TPSA) is 158 Å². The predicted molar refractivity (Wildman–Crippen MR) is 194 cm³/mol. The van der Waals surface area contributed by atoms with Gasteiger partial charge in [-0.3, -0.25) is 0 Å². The molecule has 52 heavy (non-hydrogen) atoms. The van der Waals surface area contributed by atoms with Crippen LogP contribution in [0, 0.1) is 0 Å². The third-order valence-corrected chi connectivity index (χ3v) is 8.56. The molecule has 0 bridgehead atoms. The maximum atomic E-state index is 12.2. The van der Waals surface area contributed by atoms with Gasteiger partial charge in [-0.2, -0.15) is 0 Å². The van der Waals surface area contributed by atoms with Crippen LogP contribution in [0.3, 0.4) is 0 Å². The van der Waals surface area contributed by atoms with Gasteiger partial charge >= 0.3 is 23.9 Å². The minimum atomic E-state index is -2.28. The van der Waals surface area contributed by atoms with E-state index in [2.05, 4.69) is 79.0 Å². The van der Waals surface area contributed by atoms with E-state index in [1.807, 2.05) is 0 Å². The summed E-state index contributed by atoms with van der Waals surface area (Å²) in [5, 5.41) is 23.2. The molecule has 0 amide bonds. The number of thiophene rings is 1. The molecular formula is C39H39NO11S. The number of carbonyl (C=O) groups excluding carboxylic acids is 2. The summed E-state index contributed by atoms with van der Waals surface area (Å²) in [6, 6.07) is 29.9. The molecular weight excluding hydrogens is 690 g/mol. The van der Waals surface area contributed by atoms with Gasteiger partial charge in [-0.15, -0.1) is 11.3 Å². The molecule has 272 valence electrons. The van der Waals surface area contributed by atoms with Crippen LogP contribution in [0.4, 0.5) is 0 Å². The van der Waals surface area contributed by atoms with Crippen LogP contribution in [0.25, 0.3) is 10.8 Å². The Kier molecular flexibility index (Phi) is 14.1. The Morgan fingerprint density at radius 3 is 1.65 bits per heavy atom. The zero-order valence-electron chi connectivity index (χ0n) is 29.0. The molecule has 0 aliphatic rings. The van der Waals surface area contributed by atoms with Crippen molar-refractivity contribution in [1.29, 1.82) is 0 Å². The summed E-state index contributed by atoms with van der Waals surface area (Å²) in [7, 11) is 7.04. The standard InChI is InChI=1S/C20H18O10.C19H21NOS/c1-27-13-7-3-11(4-8-13)19(25)29-15(17(21)22)16(18(23)24)30-20(26)12-5-9-14(28-2)10-6-12;1-20(2)13-12-18(19-11-6-14-22-19)21-17-10-5-8-15-7-3-4-9-16(15)17/h3-10,15-16H,1-2H3,(H,21,22)(H,23,24);3-11,14,18H,12-13H2,1-2H3/t15-,16-;18-/m10/s1. The van der Waals surface area contributed by atoms with Crippen molar-refractivity contribution in [3.05, 3.63) is 125 Å². The highest BCUT2D eigenvalue weighted by Gasteiger charge is 2.41. The number of hydrogen-bond acceptors (Lipinski definition) is 11. The lowest BCUT2D eigenvalue weighted by molar-refractivity contribution is -0.166. The number of nitrogens with zero attached hydrogens (tertiary/aromatic N) is 1. The van der Waals surface area contributed by atoms with Crippen LogP contribution in [0.2, 0.25) is 0 Å². The maximum Gasteiger partial charge on any atom is 0.349 e. The van der Waals surface area contributed by atoms with Crippen molar-refractivity contribution < 1.29 is 53.1 Å². The van der Waals surface area contributed by atoms with Crippen molar-refractivity contribution in [1.82, 2.24) is 4.90 Å². The van der Waals surface area contributed by atoms with Crippen molar-refractivity contribution in [2.45, 2.75) is 24.7 Å². The van der Waals surface area contributed by atoms with Crippen molar-refractivity contribution in [2.75, 3.05) is 34.9 Å². The van der Waals surface area contributed by atoms with Crippen molar-refractivity contribution in [2.24, 2.45) is 0 Å². The second kappa shape index (κ2) is 18.9. The molecule has 1 aromatic heterocycles. The number of ether oxygens (including phenoxy) is 5. The third kappa shape index (κ3) is 10.8. The Morgan fingerprint density at radius 1 is 0.673 bits per heavy atom. The van der Waals surface area contributed by atoms with Crippen LogP contribution in [-0.4, -0.2) is 86.1 Å². The number of carbonyl (C=O) groups is 4. The Bertz CT molecular complexity index is 1840. The molecule has 5 rings (SSSR count). The van der Waals surface area contributed by atoms with Gasteiger partial charge in [-0.25, -0.2) is 19.2 Å². The lowest BCUT2D eigenvalue weighted by atomic mass is 10.1. The first kappa shape index (κ1) is 38.9. The van der Waals surface area contributed by atoms with Gasteiger partial charge in [0.2, 0.25) is 12.2 Å². The molecule has 0 saturated carbocycles. The van der Waals surface area contributed by atoms with Crippen molar-refractivity contribution in [3.8, 4) is 17.2 Å². The van der Waals surface area contributed by atoms with E-state index in [4.69, 9.17) is 23.7 Å². The molecule has 0 fully saturated rings. The molecule has 0 spiro atoms. The summed E-state index contributed by atoms with van der Waals surface area (Å²) >= 11 is 1.76. The zero-order valence-corrected chi connectivity index (χ0v) is 29.8. The Balaban J connectivity index is 0.000000243. The monoisotopic (exact) mass is 729 g/mol. The molecule has 0 unspecified atom stereocenters. The minimum absolute atomic E-state index is 0.0485. The highest BCUT2D eigenvalue weighted by atomic mass is 32.1. The summed E-state index contributed by atoms with van der Waals surface area (Å²) in [6.45, 7) is 1.01. The van der Waals surface area contributed by atoms with Crippen LogP contribution >= 0.6 is 11.3 Å². The number of esters is 2. The first-order chi connectivity index (χ1) is 25.0. The molecule has 1 heterocycles. The number of benzene rings is 4. The van der Waals surface area contributed by atoms with Gasteiger partial charge in [0.1, 0.15) is 23.4 Å². The highest BCUT2D eigenvalue weighted by Crippen LogP contribution is 2.33. The second-order valence-corrected chi connectivity index (χ2v) is 12.5. The van der Waals surface area contributed by atoms with Crippen LogP contribution in [-0.2, 0) is 19.1 Å². The van der Waals surface area contributed by atoms with Gasteiger partial charge in [0.05, 0.1) is 25.3 Å². The molecule has 0 saturated heterocycles. The van der Waals surface area contributed by atoms with Gasteiger partial charge < -0.3 is 38.8 Å². The number of rotatable bonds is 15. The number of fused-ring (bicyclic) bond motifs is 1. The largest absolute Gasteiger partial charge is 0.497 e. The van der Waals surface area contributed by atoms with Gasteiger partial charge in [0.25, 0.3) is 0 Å². The second-order valence-electron chi connectivity index (χ2n) is 11.5. The van der Waals surface area contributed by atoms with E-state index in [-0.39, 0.29) is 17.2 Å². The number of methoxy groups -OCH3 is 2. The molecule has 12 nitrogen and oxygen atoms in total. The van der Waals surface area contributed by atoms with E-state index in [0.717, 1.165) is 18.7 Å². The lowest BCUT2D eigenvalue weighted by Crippen LogP contribution is -2.45. The quantitative estimate of drug-likeness (QED) is 0.112. The first-order valence-electron chi connectivity index (χ1n) is 16.0. The summed E-state index contributed by atoms with van der Waals surface area (Å²) in [5.41, 5.74) is -0.0969. The summed E-state index contributed by atoms with van der Waals surface area (Å²) in [6.07, 6.45) is -3.47. The number of hydrogen-bond donors (Lipinski definition) is 2. The summed E-state index contributed by atoms with van der Waals surface area (Å²) in [4.78, 5) is 51.1. The molecule has 13 heteroatoms. The Hall–Kier alpha value is -5.92. The van der Waals surface area contributed by atoms with E-state index in [1.165, 1.54) is 78.4 Å². The van der Waals surface area contributed by atoms with Crippen LogP contribution in [0.5, 0.6) is 17.2 Å². The molecule has 4 aromatic carbocycles. The average Bonchev–Trinajstić information content (AvgIpc) is 3.70. The fraction of sp³-hybridized carbons (Fsp3) is 0.231. The predicted octanol–water partition coefficient (Wildman–Crippen LogP) is 6.60. The lowest BCUT2D eigenvalue weighted by Gasteiger charge is -2.21. The van der Waals surface area contributed by atoms with E-state index < -0.39 is 36.1 Å². The van der Waals surface area contributed by atoms with E-state index in [9.17, 15) is 29.4 Å². The SMILES string of the molecule is CN(C)CC[C@H](Oc1cccc2ccccc12)c1cccs1.COc1ccc(C(=O)O[C@@H](C(=O)O)[C@@H](OC(=O)c2ccc(OC)cc2)C(=O)O)cc1. The Labute approximate surface area is 304 Å². The smallest absolute Gasteiger partial charge is 0.349 e.